The molecule has 1 atom stereocenters. The summed E-state index contributed by atoms with van der Waals surface area (Å²) in [7, 11) is 0. The zero-order chi connectivity index (χ0) is 19.5. The van der Waals surface area contributed by atoms with Crippen LogP contribution in [0.2, 0.25) is 0 Å². The Bertz CT molecular complexity index is 669. The summed E-state index contributed by atoms with van der Waals surface area (Å²) in [5.41, 5.74) is -0.431. The van der Waals surface area contributed by atoms with Gasteiger partial charge >= 0.3 is 5.97 Å². The number of aromatic nitrogens is 1. The normalized spacial score (nSPS) is 16.9. The number of amides is 2. The highest BCUT2D eigenvalue weighted by molar-refractivity contribution is 5.94. The number of nitrogens with zero attached hydrogens (tertiary/aromatic N) is 2. The molecule has 1 aliphatic rings. The van der Waals surface area contributed by atoms with E-state index in [2.05, 4.69) is 10.5 Å². The molecule has 144 valence electrons. The van der Waals surface area contributed by atoms with Gasteiger partial charge in [-0.25, -0.2) is 0 Å². The highest BCUT2D eigenvalue weighted by Crippen LogP contribution is 2.24. The predicted octanol–water partition coefficient (Wildman–Crippen LogP) is 2.14. The van der Waals surface area contributed by atoms with Gasteiger partial charge in [-0.1, -0.05) is 25.9 Å². The smallest absolute Gasteiger partial charge is 0.309 e. The van der Waals surface area contributed by atoms with Crippen LogP contribution in [0.3, 0.4) is 0 Å². The standard InChI is InChI=1S/C18H27N3O5/c1-11-10-14(20-26-11)19-15(22)12(2)25-16(23)13-6-8-21(9-7-13)17(24)18(3,4)5/h10,12-13H,6-9H2,1-5H3,(H,19,20,22)/t12-/m1/s1. The van der Waals surface area contributed by atoms with Crippen molar-refractivity contribution < 1.29 is 23.6 Å². The predicted molar refractivity (Wildman–Crippen MR) is 94.2 cm³/mol. The summed E-state index contributed by atoms with van der Waals surface area (Å²) in [6, 6.07) is 1.58. The summed E-state index contributed by atoms with van der Waals surface area (Å²) in [6.07, 6.45) is 0.142. The number of hydrogen-bond donors (Lipinski definition) is 1. The van der Waals surface area contributed by atoms with Gasteiger partial charge in [-0.05, 0) is 26.7 Å². The number of ether oxygens (including phenoxy) is 1. The van der Waals surface area contributed by atoms with Gasteiger partial charge in [0.1, 0.15) is 5.76 Å². The van der Waals surface area contributed by atoms with Crippen LogP contribution in [0.25, 0.3) is 0 Å². The molecule has 2 amide bonds. The Balaban J connectivity index is 1.81. The lowest BCUT2D eigenvalue weighted by Gasteiger charge is -2.35. The number of rotatable bonds is 4. The van der Waals surface area contributed by atoms with E-state index in [1.165, 1.54) is 6.92 Å². The molecule has 1 saturated heterocycles. The van der Waals surface area contributed by atoms with E-state index in [9.17, 15) is 14.4 Å². The molecular formula is C18H27N3O5. The zero-order valence-electron chi connectivity index (χ0n) is 16.0. The van der Waals surface area contributed by atoms with Crippen molar-refractivity contribution in [3.63, 3.8) is 0 Å². The summed E-state index contributed by atoms with van der Waals surface area (Å²) in [5.74, 6) is -0.242. The van der Waals surface area contributed by atoms with E-state index in [0.717, 1.165) is 0 Å². The molecular weight excluding hydrogens is 338 g/mol. The SMILES string of the molecule is Cc1cc(NC(=O)[C@@H](C)OC(=O)C2CCN(C(=O)C(C)(C)C)CC2)no1. The van der Waals surface area contributed by atoms with Crippen molar-refractivity contribution in [2.45, 2.75) is 53.6 Å². The van der Waals surface area contributed by atoms with Crippen molar-refractivity contribution >= 4 is 23.6 Å². The second kappa shape index (κ2) is 7.88. The van der Waals surface area contributed by atoms with Gasteiger partial charge in [0.15, 0.2) is 11.9 Å². The third kappa shape index (κ3) is 5.06. The van der Waals surface area contributed by atoms with Crippen molar-refractivity contribution in [2.24, 2.45) is 11.3 Å². The van der Waals surface area contributed by atoms with Crippen LogP contribution in [0.1, 0.15) is 46.3 Å². The number of aryl methyl sites for hydroxylation is 1. The first-order valence-corrected chi connectivity index (χ1v) is 8.82. The minimum atomic E-state index is -0.936. The van der Waals surface area contributed by atoms with Crippen LogP contribution in [0, 0.1) is 18.3 Å². The van der Waals surface area contributed by atoms with Crippen molar-refractivity contribution in [1.82, 2.24) is 10.1 Å². The summed E-state index contributed by atoms with van der Waals surface area (Å²) in [5, 5.41) is 6.20. The van der Waals surface area contributed by atoms with Gasteiger partial charge in [-0.15, -0.1) is 0 Å². The van der Waals surface area contributed by atoms with Gasteiger partial charge in [0.05, 0.1) is 5.92 Å². The van der Waals surface area contributed by atoms with Gasteiger partial charge in [-0.3, -0.25) is 14.4 Å². The molecule has 0 saturated carbocycles. The van der Waals surface area contributed by atoms with E-state index in [4.69, 9.17) is 9.26 Å². The van der Waals surface area contributed by atoms with Crippen LogP contribution < -0.4 is 5.32 Å². The molecule has 0 radical (unpaired) electrons. The second-order valence-electron chi connectivity index (χ2n) is 7.71. The number of carbonyl (C=O) groups excluding carboxylic acids is 3. The minimum absolute atomic E-state index is 0.0833. The molecule has 1 aromatic heterocycles. The molecule has 0 spiro atoms. The first-order valence-electron chi connectivity index (χ1n) is 8.82. The highest BCUT2D eigenvalue weighted by atomic mass is 16.5. The highest BCUT2D eigenvalue weighted by Gasteiger charge is 2.34. The molecule has 8 heteroatoms. The topological polar surface area (TPSA) is 102 Å². The Kier molecular flexibility index (Phi) is 6.05. The van der Waals surface area contributed by atoms with E-state index in [1.807, 2.05) is 20.8 Å². The average molecular weight is 365 g/mol. The fourth-order valence-corrected chi connectivity index (χ4v) is 2.77. The van der Waals surface area contributed by atoms with Crippen LogP contribution in [-0.4, -0.2) is 47.0 Å². The lowest BCUT2D eigenvalue weighted by atomic mass is 9.91. The minimum Gasteiger partial charge on any atom is -0.452 e. The molecule has 0 unspecified atom stereocenters. The first-order chi connectivity index (χ1) is 12.1. The summed E-state index contributed by atoms with van der Waals surface area (Å²) in [6.45, 7) is 9.91. The van der Waals surface area contributed by atoms with E-state index in [1.54, 1.807) is 17.9 Å². The van der Waals surface area contributed by atoms with E-state index in [-0.39, 0.29) is 17.6 Å². The Hall–Kier alpha value is -2.38. The van der Waals surface area contributed by atoms with E-state index < -0.39 is 23.4 Å². The molecule has 26 heavy (non-hydrogen) atoms. The molecule has 1 fully saturated rings. The Morgan fingerprint density at radius 3 is 2.42 bits per heavy atom. The summed E-state index contributed by atoms with van der Waals surface area (Å²) < 4.78 is 10.2. The maximum atomic E-state index is 12.3. The van der Waals surface area contributed by atoms with Crippen molar-refractivity contribution in [3.05, 3.63) is 11.8 Å². The maximum absolute atomic E-state index is 12.3. The molecule has 1 aliphatic heterocycles. The number of likely N-dealkylation sites (tertiary alicyclic amines) is 1. The fraction of sp³-hybridized carbons (Fsp3) is 0.667. The molecule has 8 nitrogen and oxygen atoms in total. The van der Waals surface area contributed by atoms with Crippen LogP contribution in [0.15, 0.2) is 10.6 Å². The van der Waals surface area contributed by atoms with Gasteiger partial charge in [0.25, 0.3) is 5.91 Å². The van der Waals surface area contributed by atoms with E-state index >= 15 is 0 Å². The van der Waals surface area contributed by atoms with Crippen LogP contribution in [0.4, 0.5) is 5.82 Å². The van der Waals surface area contributed by atoms with Crippen molar-refractivity contribution in [3.8, 4) is 0 Å². The third-order valence-corrected chi connectivity index (χ3v) is 4.30. The molecule has 1 aromatic rings. The lowest BCUT2D eigenvalue weighted by molar-refractivity contribution is -0.160. The van der Waals surface area contributed by atoms with Crippen LogP contribution in [-0.2, 0) is 19.1 Å². The van der Waals surface area contributed by atoms with Crippen molar-refractivity contribution in [1.29, 1.82) is 0 Å². The molecule has 0 aromatic carbocycles. The number of carbonyl (C=O) groups is 3. The largest absolute Gasteiger partial charge is 0.452 e. The van der Waals surface area contributed by atoms with Crippen LogP contribution >= 0.6 is 0 Å². The molecule has 0 aliphatic carbocycles. The molecule has 2 rings (SSSR count). The maximum Gasteiger partial charge on any atom is 0.309 e. The quantitative estimate of drug-likeness (QED) is 0.820. The summed E-state index contributed by atoms with van der Waals surface area (Å²) >= 11 is 0. The molecule has 1 N–H and O–H groups in total. The van der Waals surface area contributed by atoms with E-state index in [0.29, 0.717) is 31.7 Å². The number of nitrogens with one attached hydrogen (secondary N) is 1. The second-order valence-corrected chi connectivity index (χ2v) is 7.71. The Morgan fingerprint density at radius 2 is 1.92 bits per heavy atom. The van der Waals surface area contributed by atoms with Gasteiger partial charge < -0.3 is 19.5 Å². The number of anilines is 1. The fourth-order valence-electron chi connectivity index (χ4n) is 2.77. The average Bonchev–Trinajstić information content (AvgIpc) is 2.98. The first kappa shape index (κ1) is 19.9. The number of esters is 1. The van der Waals surface area contributed by atoms with Crippen LogP contribution in [0.5, 0.6) is 0 Å². The summed E-state index contributed by atoms with van der Waals surface area (Å²) in [4.78, 5) is 38.4. The zero-order valence-corrected chi connectivity index (χ0v) is 16.0. The Labute approximate surface area is 153 Å². The third-order valence-electron chi connectivity index (χ3n) is 4.30. The van der Waals surface area contributed by atoms with Gasteiger partial charge in [0.2, 0.25) is 5.91 Å². The number of piperidine rings is 1. The Morgan fingerprint density at radius 1 is 1.31 bits per heavy atom. The molecule has 2 heterocycles. The lowest BCUT2D eigenvalue weighted by Crippen LogP contribution is -2.45. The monoisotopic (exact) mass is 365 g/mol. The van der Waals surface area contributed by atoms with Crippen molar-refractivity contribution in [2.75, 3.05) is 18.4 Å². The number of hydrogen-bond acceptors (Lipinski definition) is 6. The van der Waals surface area contributed by atoms with Gasteiger partial charge in [-0.2, -0.15) is 0 Å². The van der Waals surface area contributed by atoms with Gasteiger partial charge in [0, 0.05) is 24.6 Å². The molecule has 0 bridgehead atoms.